The molecule has 2 N–H and O–H groups in total. The quantitative estimate of drug-likeness (QED) is 0.883. The molecule has 0 bridgehead atoms. The Balaban J connectivity index is 2.14. The fourth-order valence-corrected chi connectivity index (χ4v) is 2.34. The minimum absolute atomic E-state index is 0.434. The Kier molecular flexibility index (Phi) is 4.52. The number of methoxy groups -OCH3 is 2. The summed E-state index contributed by atoms with van der Waals surface area (Å²) in [6.45, 7) is 0.434. The average molecular weight is 294 g/mol. The lowest BCUT2D eigenvalue weighted by Crippen LogP contribution is -2.42. The third-order valence-corrected chi connectivity index (χ3v) is 3.40. The van der Waals surface area contributed by atoms with Gasteiger partial charge in [-0.3, -0.25) is 0 Å². The highest BCUT2D eigenvalue weighted by molar-refractivity contribution is 5.93. The van der Waals surface area contributed by atoms with E-state index in [2.05, 4.69) is 5.32 Å². The van der Waals surface area contributed by atoms with Gasteiger partial charge in [-0.15, -0.1) is 0 Å². The van der Waals surface area contributed by atoms with E-state index in [0.29, 0.717) is 36.6 Å². The first-order valence-electron chi connectivity index (χ1n) is 6.58. The van der Waals surface area contributed by atoms with Crippen LogP contribution in [0.15, 0.2) is 18.2 Å². The van der Waals surface area contributed by atoms with Crippen molar-refractivity contribution in [2.45, 2.75) is 18.9 Å². The molecule has 0 aliphatic carbocycles. The molecule has 114 valence electrons. The number of likely N-dealkylation sites (tertiary alicyclic amines) is 1. The van der Waals surface area contributed by atoms with Crippen LogP contribution in [0.1, 0.15) is 12.8 Å². The number of nitrogens with zero attached hydrogens (tertiary/aromatic N) is 1. The molecule has 7 heteroatoms. The van der Waals surface area contributed by atoms with E-state index >= 15 is 0 Å². The number of carboxylic acids is 1. The molecule has 1 aliphatic rings. The highest BCUT2D eigenvalue weighted by Gasteiger charge is 2.34. The molecule has 1 aliphatic heterocycles. The van der Waals surface area contributed by atoms with Crippen LogP contribution in [0.3, 0.4) is 0 Å². The standard InChI is InChI=1S/C14H18N2O5/c1-20-10-6-9(7-11(8-10)21-2)15-14(19)16-5-3-4-12(16)13(17)18/h6-8,12H,3-5H2,1-2H3,(H,15,19)(H,17,18)/t12-/m0/s1. The molecular weight excluding hydrogens is 276 g/mol. The second-order valence-corrected chi connectivity index (χ2v) is 4.72. The van der Waals surface area contributed by atoms with Crippen LogP contribution in [-0.2, 0) is 4.79 Å². The lowest BCUT2D eigenvalue weighted by atomic mass is 10.2. The fourth-order valence-electron chi connectivity index (χ4n) is 2.34. The number of carbonyl (C=O) groups excluding carboxylic acids is 1. The summed E-state index contributed by atoms with van der Waals surface area (Å²) in [5, 5.41) is 11.8. The van der Waals surface area contributed by atoms with Crippen LogP contribution in [0, 0.1) is 0 Å². The van der Waals surface area contributed by atoms with Crippen molar-refractivity contribution in [2.24, 2.45) is 0 Å². The number of rotatable bonds is 4. The molecule has 0 unspecified atom stereocenters. The first-order chi connectivity index (χ1) is 10.0. The Morgan fingerprint density at radius 2 is 1.86 bits per heavy atom. The van der Waals surface area contributed by atoms with Crippen molar-refractivity contribution in [3.8, 4) is 11.5 Å². The number of hydrogen-bond donors (Lipinski definition) is 2. The van der Waals surface area contributed by atoms with E-state index in [4.69, 9.17) is 14.6 Å². The zero-order valence-electron chi connectivity index (χ0n) is 12.0. The van der Waals surface area contributed by atoms with Gasteiger partial charge in [0, 0.05) is 30.4 Å². The molecule has 0 radical (unpaired) electrons. The minimum atomic E-state index is -0.981. The molecule has 0 spiro atoms. The summed E-state index contributed by atoms with van der Waals surface area (Å²) < 4.78 is 10.2. The van der Waals surface area contributed by atoms with Crippen molar-refractivity contribution in [3.05, 3.63) is 18.2 Å². The van der Waals surface area contributed by atoms with Crippen LogP contribution in [0.4, 0.5) is 10.5 Å². The third-order valence-electron chi connectivity index (χ3n) is 3.40. The Morgan fingerprint density at radius 1 is 1.24 bits per heavy atom. The zero-order chi connectivity index (χ0) is 15.4. The summed E-state index contributed by atoms with van der Waals surface area (Å²) in [7, 11) is 3.03. The largest absolute Gasteiger partial charge is 0.497 e. The highest BCUT2D eigenvalue weighted by atomic mass is 16.5. The molecule has 2 amide bonds. The van der Waals surface area contributed by atoms with Gasteiger partial charge in [-0.25, -0.2) is 9.59 Å². The Hall–Kier alpha value is -2.44. The van der Waals surface area contributed by atoms with Crippen LogP contribution in [0.25, 0.3) is 0 Å². The van der Waals surface area contributed by atoms with E-state index in [1.165, 1.54) is 19.1 Å². The van der Waals surface area contributed by atoms with Gasteiger partial charge in [0.15, 0.2) is 0 Å². The van der Waals surface area contributed by atoms with Crippen LogP contribution >= 0.6 is 0 Å². The van der Waals surface area contributed by atoms with Gasteiger partial charge in [0.1, 0.15) is 17.5 Å². The highest BCUT2D eigenvalue weighted by Crippen LogP contribution is 2.27. The Bertz CT molecular complexity index is 524. The van der Waals surface area contributed by atoms with Gasteiger partial charge in [-0.1, -0.05) is 0 Å². The number of carboxylic acid groups (broad SMARTS) is 1. The summed E-state index contributed by atoms with van der Waals surface area (Å²) in [6.07, 6.45) is 1.16. The Morgan fingerprint density at radius 3 is 2.38 bits per heavy atom. The molecule has 1 aromatic rings. The number of nitrogens with one attached hydrogen (secondary N) is 1. The molecule has 1 fully saturated rings. The smallest absolute Gasteiger partial charge is 0.326 e. The lowest BCUT2D eigenvalue weighted by Gasteiger charge is -2.22. The van der Waals surface area contributed by atoms with Gasteiger partial charge in [-0.2, -0.15) is 0 Å². The predicted octanol–water partition coefficient (Wildman–Crippen LogP) is 1.78. The first kappa shape index (κ1) is 15.0. The van der Waals surface area contributed by atoms with E-state index in [0.717, 1.165) is 0 Å². The molecule has 21 heavy (non-hydrogen) atoms. The summed E-state index contributed by atoms with van der Waals surface area (Å²) in [4.78, 5) is 24.6. The third kappa shape index (κ3) is 3.36. The van der Waals surface area contributed by atoms with Crippen molar-refractivity contribution >= 4 is 17.7 Å². The van der Waals surface area contributed by atoms with Gasteiger partial charge < -0.3 is 24.8 Å². The molecule has 0 saturated carbocycles. The number of ether oxygens (including phenoxy) is 2. The number of aliphatic carboxylic acids is 1. The van der Waals surface area contributed by atoms with E-state index < -0.39 is 18.0 Å². The molecular formula is C14H18N2O5. The minimum Gasteiger partial charge on any atom is -0.497 e. The maximum atomic E-state index is 12.2. The van der Waals surface area contributed by atoms with Gasteiger partial charge in [0.25, 0.3) is 0 Å². The average Bonchev–Trinajstić information content (AvgIpc) is 2.96. The maximum absolute atomic E-state index is 12.2. The number of anilines is 1. The second kappa shape index (κ2) is 6.34. The first-order valence-corrected chi connectivity index (χ1v) is 6.58. The number of amides is 2. The van der Waals surface area contributed by atoms with Crippen LogP contribution in [0.2, 0.25) is 0 Å². The molecule has 1 aromatic carbocycles. The zero-order valence-corrected chi connectivity index (χ0v) is 12.0. The van der Waals surface area contributed by atoms with E-state index in [1.807, 2.05) is 0 Å². The second-order valence-electron chi connectivity index (χ2n) is 4.72. The number of urea groups is 1. The number of carbonyl (C=O) groups is 2. The number of hydrogen-bond acceptors (Lipinski definition) is 4. The van der Waals surface area contributed by atoms with Crippen LogP contribution in [-0.4, -0.2) is 48.8 Å². The lowest BCUT2D eigenvalue weighted by molar-refractivity contribution is -0.141. The van der Waals surface area contributed by atoms with E-state index in [1.54, 1.807) is 18.2 Å². The molecule has 1 heterocycles. The SMILES string of the molecule is COc1cc(NC(=O)N2CCC[C@H]2C(=O)O)cc(OC)c1. The molecule has 0 aromatic heterocycles. The van der Waals surface area contributed by atoms with Crippen molar-refractivity contribution in [3.63, 3.8) is 0 Å². The maximum Gasteiger partial charge on any atom is 0.326 e. The van der Waals surface area contributed by atoms with Gasteiger partial charge >= 0.3 is 12.0 Å². The van der Waals surface area contributed by atoms with Crippen molar-refractivity contribution in [1.82, 2.24) is 4.90 Å². The van der Waals surface area contributed by atoms with Gasteiger partial charge in [-0.05, 0) is 12.8 Å². The molecule has 1 atom stereocenters. The fraction of sp³-hybridized carbons (Fsp3) is 0.429. The predicted molar refractivity (Wildman–Crippen MR) is 75.9 cm³/mol. The summed E-state index contributed by atoms with van der Waals surface area (Å²) in [5.74, 6) is 0.104. The van der Waals surface area contributed by atoms with Crippen LogP contribution < -0.4 is 14.8 Å². The summed E-state index contributed by atoms with van der Waals surface area (Å²) in [6, 6.07) is 3.78. The van der Waals surface area contributed by atoms with Crippen molar-refractivity contribution in [2.75, 3.05) is 26.1 Å². The van der Waals surface area contributed by atoms with E-state index in [9.17, 15) is 9.59 Å². The Labute approximate surface area is 122 Å². The monoisotopic (exact) mass is 294 g/mol. The molecule has 1 saturated heterocycles. The summed E-state index contributed by atoms with van der Waals surface area (Å²) >= 11 is 0. The van der Waals surface area contributed by atoms with Gasteiger partial charge in [0.05, 0.1) is 14.2 Å². The molecule has 2 rings (SSSR count). The van der Waals surface area contributed by atoms with Gasteiger partial charge in [0.2, 0.25) is 0 Å². The number of benzene rings is 1. The normalized spacial score (nSPS) is 17.4. The summed E-state index contributed by atoms with van der Waals surface area (Å²) in [5.41, 5.74) is 0.493. The van der Waals surface area contributed by atoms with Crippen molar-refractivity contribution < 1.29 is 24.2 Å². The van der Waals surface area contributed by atoms with E-state index in [-0.39, 0.29) is 0 Å². The molecule has 7 nitrogen and oxygen atoms in total. The van der Waals surface area contributed by atoms with Crippen LogP contribution in [0.5, 0.6) is 11.5 Å². The van der Waals surface area contributed by atoms with Crippen molar-refractivity contribution in [1.29, 1.82) is 0 Å². The topological polar surface area (TPSA) is 88.1 Å².